The van der Waals surface area contributed by atoms with Crippen molar-refractivity contribution in [1.29, 1.82) is 0 Å². The van der Waals surface area contributed by atoms with Crippen molar-refractivity contribution in [3.63, 3.8) is 0 Å². The van der Waals surface area contributed by atoms with Crippen LogP contribution in [-0.2, 0) is 4.79 Å². The Morgan fingerprint density at radius 1 is 0.826 bits per heavy atom. The summed E-state index contributed by atoms with van der Waals surface area (Å²) >= 11 is 0. The van der Waals surface area contributed by atoms with Crippen LogP contribution in [0.1, 0.15) is 0 Å². The molecule has 122 valence electrons. The minimum Gasteiger partial charge on any atom is -0.497 e. The first-order valence-electron chi connectivity index (χ1n) is 6.94. The van der Waals surface area contributed by atoms with E-state index in [2.05, 4.69) is 5.32 Å². The summed E-state index contributed by atoms with van der Waals surface area (Å²) in [5.41, 5.74) is 0.669. The van der Waals surface area contributed by atoms with E-state index in [0.29, 0.717) is 22.9 Å². The lowest BCUT2D eigenvalue weighted by molar-refractivity contribution is -0.118. The molecular formula is C17H19NO5. The fourth-order valence-electron chi connectivity index (χ4n) is 1.88. The molecule has 0 atom stereocenters. The summed E-state index contributed by atoms with van der Waals surface area (Å²) in [6.45, 7) is -0.123. The third-order valence-corrected chi connectivity index (χ3v) is 3.07. The highest BCUT2D eigenvalue weighted by Gasteiger charge is 2.07. The number of methoxy groups -OCH3 is 3. The Morgan fingerprint density at radius 3 is 1.87 bits per heavy atom. The predicted molar refractivity (Wildman–Crippen MR) is 86.7 cm³/mol. The number of ether oxygens (including phenoxy) is 4. The molecule has 0 aliphatic carbocycles. The van der Waals surface area contributed by atoms with E-state index in [0.717, 1.165) is 5.75 Å². The molecule has 0 unspecified atom stereocenters. The summed E-state index contributed by atoms with van der Waals surface area (Å²) in [7, 11) is 4.69. The molecule has 0 saturated carbocycles. The van der Waals surface area contributed by atoms with E-state index in [4.69, 9.17) is 18.9 Å². The lowest BCUT2D eigenvalue weighted by atomic mass is 10.3. The van der Waals surface area contributed by atoms with Gasteiger partial charge < -0.3 is 24.3 Å². The Labute approximate surface area is 134 Å². The molecule has 0 radical (unpaired) electrons. The van der Waals surface area contributed by atoms with E-state index in [-0.39, 0.29) is 12.5 Å². The topological polar surface area (TPSA) is 66.0 Å². The molecule has 1 amide bonds. The first-order valence-corrected chi connectivity index (χ1v) is 6.94. The summed E-state index contributed by atoms with van der Waals surface area (Å²) in [6, 6.07) is 12.1. The summed E-state index contributed by atoms with van der Waals surface area (Å²) in [5.74, 6) is 2.13. The van der Waals surface area contributed by atoms with Gasteiger partial charge in [0.1, 0.15) is 23.0 Å². The van der Waals surface area contributed by atoms with Gasteiger partial charge in [-0.15, -0.1) is 0 Å². The molecule has 0 aliphatic rings. The number of rotatable bonds is 7. The molecule has 0 saturated heterocycles. The SMILES string of the molecule is COc1ccc(NC(=O)COc2cc(OC)cc(OC)c2)cc1. The zero-order chi connectivity index (χ0) is 16.7. The van der Waals surface area contributed by atoms with E-state index in [1.54, 1.807) is 63.8 Å². The summed E-state index contributed by atoms with van der Waals surface area (Å²) < 4.78 is 20.8. The Kier molecular flexibility index (Phi) is 5.68. The van der Waals surface area contributed by atoms with E-state index >= 15 is 0 Å². The first kappa shape index (κ1) is 16.5. The number of carbonyl (C=O) groups excluding carboxylic acids is 1. The molecule has 0 aromatic heterocycles. The fourth-order valence-corrected chi connectivity index (χ4v) is 1.88. The minimum atomic E-state index is -0.267. The van der Waals surface area contributed by atoms with Gasteiger partial charge in [-0.2, -0.15) is 0 Å². The van der Waals surface area contributed by atoms with E-state index < -0.39 is 0 Å². The number of carbonyl (C=O) groups is 1. The standard InChI is InChI=1S/C17H19NO5/c1-20-13-6-4-12(5-7-13)18-17(19)11-23-16-9-14(21-2)8-15(10-16)22-3/h4-10H,11H2,1-3H3,(H,18,19). The van der Waals surface area contributed by atoms with Crippen molar-refractivity contribution < 1.29 is 23.7 Å². The van der Waals surface area contributed by atoms with Crippen molar-refractivity contribution in [2.45, 2.75) is 0 Å². The number of amides is 1. The summed E-state index contributed by atoms with van der Waals surface area (Å²) in [4.78, 5) is 11.9. The van der Waals surface area contributed by atoms with Crippen molar-refractivity contribution in [3.8, 4) is 23.0 Å². The smallest absolute Gasteiger partial charge is 0.262 e. The van der Waals surface area contributed by atoms with Gasteiger partial charge in [-0.25, -0.2) is 0 Å². The lowest BCUT2D eigenvalue weighted by Gasteiger charge is -2.10. The zero-order valence-electron chi connectivity index (χ0n) is 13.3. The van der Waals surface area contributed by atoms with Crippen LogP contribution in [0.4, 0.5) is 5.69 Å². The number of anilines is 1. The highest BCUT2D eigenvalue weighted by molar-refractivity contribution is 5.91. The molecule has 2 aromatic carbocycles. The van der Waals surface area contributed by atoms with E-state index in [1.165, 1.54) is 0 Å². The second-order valence-electron chi connectivity index (χ2n) is 4.61. The number of nitrogens with one attached hydrogen (secondary N) is 1. The van der Waals surface area contributed by atoms with Gasteiger partial charge in [0.15, 0.2) is 6.61 Å². The van der Waals surface area contributed by atoms with Gasteiger partial charge in [0.25, 0.3) is 5.91 Å². The molecule has 23 heavy (non-hydrogen) atoms. The number of hydrogen-bond donors (Lipinski definition) is 1. The molecule has 1 N–H and O–H groups in total. The molecule has 2 aromatic rings. The number of hydrogen-bond acceptors (Lipinski definition) is 5. The van der Waals surface area contributed by atoms with Crippen molar-refractivity contribution in [1.82, 2.24) is 0 Å². The molecule has 0 fully saturated rings. The monoisotopic (exact) mass is 317 g/mol. The number of benzene rings is 2. The highest BCUT2D eigenvalue weighted by atomic mass is 16.5. The Morgan fingerprint density at radius 2 is 1.35 bits per heavy atom. The maximum atomic E-state index is 11.9. The Balaban J connectivity index is 1.93. The van der Waals surface area contributed by atoms with Crippen LogP contribution in [0.2, 0.25) is 0 Å². The average Bonchev–Trinajstić information content (AvgIpc) is 2.60. The lowest BCUT2D eigenvalue weighted by Crippen LogP contribution is -2.20. The van der Waals surface area contributed by atoms with E-state index in [9.17, 15) is 4.79 Å². The molecule has 0 bridgehead atoms. The van der Waals surface area contributed by atoms with Gasteiger partial charge in [-0.1, -0.05) is 0 Å². The van der Waals surface area contributed by atoms with Gasteiger partial charge in [-0.3, -0.25) is 4.79 Å². The maximum Gasteiger partial charge on any atom is 0.262 e. The first-order chi connectivity index (χ1) is 11.1. The van der Waals surface area contributed by atoms with Crippen molar-refractivity contribution in [2.75, 3.05) is 33.3 Å². The quantitative estimate of drug-likeness (QED) is 0.850. The van der Waals surface area contributed by atoms with Crippen LogP contribution in [-0.4, -0.2) is 33.8 Å². The van der Waals surface area contributed by atoms with Crippen LogP contribution in [0.3, 0.4) is 0 Å². The van der Waals surface area contributed by atoms with Crippen LogP contribution in [0.15, 0.2) is 42.5 Å². The molecule has 0 aliphatic heterocycles. The second-order valence-corrected chi connectivity index (χ2v) is 4.61. The fraction of sp³-hybridized carbons (Fsp3) is 0.235. The third-order valence-electron chi connectivity index (χ3n) is 3.07. The zero-order valence-corrected chi connectivity index (χ0v) is 13.3. The minimum absolute atomic E-state index is 0.123. The third kappa shape index (κ3) is 4.81. The van der Waals surface area contributed by atoms with Gasteiger partial charge >= 0.3 is 0 Å². The Bertz CT molecular complexity index is 632. The second kappa shape index (κ2) is 7.93. The molecule has 2 rings (SSSR count). The predicted octanol–water partition coefficient (Wildman–Crippen LogP) is 2.73. The van der Waals surface area contributed by atoms with Crippen LogP contribution >= 0.6 is 0 Å². The Hall–Kier alpha value is -2.89. The normalized spacial score (nSPS) is 9.87. The van der Waals surface area contributed by atoms with Crippen LogP contribution in [0.5, 0.6) is 23.0 Å². The highest BCUT2D eigenvalue weighted by Crippen LogP contribution is 2.27. The summed E-state index contributed by atoms with van der Waals surface area (Å²) in [6.07, 6.45) is 0. The van der Waals surface area contributed by atoms with E-state index in [1.807, 2.05) is 0 Å². The van der Waals surface area contributed by atoms with Crippen molar-refractivity contribution in [2.24, 2.45) is 0 Å². The van der Waals surface area contributed by atoms with Gasteiger partial charge in [0.05, 0.1) is 21.3 Å². The largest absolute Gasteiger partial charge is 0.497 e. The van der Waals surface area contributed by atoms with Gasteiger partial charge in [0, 0.05) is 23.9 Å². The maximum absolute atomic E-state index is 11.9. The average molecular weight is 317 g/mol. The molecule has 0 spiro atoms. The van der Waals surface area contributed by atoms with Gasteiger partial charge in [-0.05, 0) is 24.3 Å². The molecule has 6 nitrogen and oxygen atoms in total. The van der Waals surface area contributed by atoms with Crippen LogP contribution in [0.25, 0.3) is 0 Å². The van der Waals surface area contributed by atoms with Crippen LogP contribution in [0, 0.1) is 0 Å². The summed E-state index contributed by atoms with van der Waals surface area (Å²) in [5, 5.41) is 2.74. The van der Waals surface area contributed by atoms with Crippen molar-refractivity contribution >= 4 is 11.6 Å². The van der Waals surface area contributed by atoms with Crippen LogP contribution < -0.4 is 24.3 Å². The van der Waals surface area contributed by atoms with Crippen molar-refractivity contribution in [3.05, 3.63) is 42.5 Å². The molecule has 0 heterocycles. The molecule has 6 heteroatoms. The molecular weight excluding hydrogens is 298 g/mol. The van der Waals surface area contributed by atoms with Gasteiger partial charge in [0.2, 0.25) is 0 Å².